The molecular formula is C25H33N5O2. The first-order valence-corrected chi connectivity index (χ1v) is 11.1. The van der Waals surface area contributed by atoms with Gasteiger partial charge in [-0.3, -0.25) is 9.69 Å². The minimum atomic E-state index is -0.782. The summed E-state index contributed by atoms with van der Waals surface area (Å²) >= 11 is 0. The molecule has 4 N–H and O–H groups in total. The van der Waals surface area contributed by atoms with Crippen LogP contribution in [0.2, 0.25) is 0 Å². The first-order valence-electron chi connectivity index (χ1n) is 11.1. The number of nitrogens with two attached hydrogens (primary N) is 1. The van der Waals surface area contributed by atoms with Crippen LogP contribution < -0.4 is 16.4 Å². The zero-order valence-corrected chi connectivity index (χ0v) is 19.1. The highest BCUT2D eigenvalue weighted by molar-refractivity contribution is 6.06. The van der Waals surface area contributed by atoms with Gasteiger partial charge in [0.1, 0.15) is 5.54 Å². The van der Waals surface area contributed by atoms with E-state index in [9.17, 15) is 9.59 Å². The fourth-order valence-corrected chi connectivity index (χ4v) is 3.99. The number of carbonyl (C=O) groups is 2. The van der Waals surface area contributed by atoms with Crippen molar-refractivity contribution in [1.29, 1.82) is 0 Å². The van der Waals surface area contributed by atoms with Crippen LogP contribution in [0.15, 0.2) is 59.6 Å². The van der Waals surface area contributed by atoms with E-state index in [-0.39, 0.29) is 17.9 Å². The Morgan fingerprint density at radius 2 is 1.69 bits per heavy atom. The maximum atomic E-state index is 12.9. The SMILES string of the molecule is CC(C)CC1(C)N=C(N)N(Cc2ccc(CNC(=O)NCCc3ccccc3)cc2)C1=O. The van der Waals surface area contributed by atoms with Crippen LogP contribution in [0.3, 0.4) is 0 Å². The van der Waals surface area contributed by atoms with Gasteiger partial charge in [0.05, 0.1) is 6.54 Å². The minimum absolute atomic E-state index is 0.0541. The zero-order chi connectivity index (χ0) is 23.1. The molecule has 1 aliphatic heterocycles. The molecule has 0 aromatic heterocycles. The maximum absolute atomic E-state index is 12.9. The predicted octanol–water partition coefficient (Wildman–Crippen LogP) is 3.19. The van der Waals surface area contributed by atoms with E-state index < -0.39 is 5.54 Å². The van der Waals surface area contributed by atoms with E-state index in [1.165, 1.54) is 5.56 Å². The third kappa shape index (κ3) is 6.09. The van der Waals surface area contributed by atoms with Gasteiger partial charge in [0.2, 0.25) is 0 Å². The predicted molar refractivity (Wildman–Crippen MR) is 127 cm³/mol. The summed E-state index contributed by atoms with van der Waals surface area (Å²) in [5.74, 6) is 0.570. The van der Waals surface area contributed by atoms with Gasteiger partial charge in [-0.25, -0.2) is 9.79 Å². The molecule has 0 spiro atoms. The monoisotopic (exact) mass is 435 g/mol. The molecule has 1 atom stereocenters. The summed E-state index contributed by atoms with van der Waals surface area (Å²) in [5, 5.41) is 5.74. The number of guanidine groups is 1. The molecule has 3 amide bonds. The molecule has 7 nitrogen and oxygen atoms in total. The van der Waals surface area contributed by atoms with Crippen molar-refractivity contribution >= 4 is 17.9 Å². The van der Waals surface area contributed by atoms with Crippen LogP contribution in [0.1, 0.15) is 43.9 Å². The fraction of sp³-hybridized carbons (Fsp3) is 0.400. The number of nitrogens with zero attached hydrogens (tertiary/aromatic N) is 2. The number of hydrogen-bond donors (Lipinski definition) is 3. The molecule has 1 heterocycles. The Morgan fingerprint density at radius 3 is 2.34 bits per heavy atom. The van der Waals surface area contributed by atoms with Crippen molar-refractivity contribution in [2.45, 2.75) is 52.2 Å². The number of carbonyl (C=O) groups excluding carboxylic acids is 2. The molecule has 32 heavy (non-hydrogen) atoms. The van der Waals surface area contributed by atoms with Crippen LogP contribution >= 0.6 is 0 Å². The van der Waals surface area contributed by atoms with Crippen LogP contribution in [0, 0.1) is 5.92 Å². The van der Waals surface area contributed by atoms with Crippen molar-refractivity contribution in [2.24, 2.45) is 16.6 Å². The first kappa shape index (κ1) is 23.3. The third-order valence-electron chi connectivity index (χ3n) is 5.51. The Kier molecular flexibility index (Phi) is 7.51. The Bertz CT molecular complexity index is 956. The molecule has 1 aliphatic rings. The maximum Gasteiger partial charge on any atom is 0.315 e. The lowest BCUT2D eigenvalue weighted by atomic mass is 9.91. The molecule has 7 heteroatoms. The number of benzene rings is 2. The molecule has 0 radical (unpaired) electrons. The van der Waals surface area contributed by atoms with E-state index in [1.54, 1.807) is 4.90 Å². The Balaban J connectivity index is 1.45. The zero-order valence-electron chi connectivity index (χ0n) is 19.1. The fourth-order valence-electron chi connectivity index (χ4n) is 3.99. The smallest absolute Gasteiger partial charge is 0.315 e. The third-order valence-corrected chi connectivity index (χ3v) is 5.51. The van der Waals surface area contributed by atoms with Gasteiger partial charge in [-0.2, -0.15) is 0 Å². The van der Waals surface area contributed by atoms with Crippen molar-refractivity contribution in [1.82, 2.24) is 15.5 Å². The Labute approximate surface area is 190 Å². The van der Waals surface area contributed by atoms with Crippen molar-refractivity contribution in [2.75, 3.05) is 6.54 Å². The van der Waals surface area contributed by atoms with Crippen molar-refractivity contribution in [3.8, 4) is 0 Å². The summed E-state index contributed by atoms with van der Waals surface area (Å²) < 4.78 is 0. The molecule has 0 saturated heterocycles. The number of hydrogen-bond acceptors (Lipinski definition) is 4. The number of aliphatic imine (C=N–C) groups is 1. The quantitative estimate of drug-likeness (QED) is 0.564. The first-order chi connectivity index (χ1) is 15.3. The van der Waals surface area contributed by atoms with Gasteiger partial charge in [0.15, 0.2) is 5.96 Å². The van der Waals surface area contributed by atoms with E-state index >= 15 is 0 Å². The largest absolute Gasteiger partial charge is 0.369 e. The topological polar surface area (TPSA) is 99.8 Å². The van der Waals surface area contributed by atoms with Crippen molar-refractivity contribution in [3.63, 3.8) is 0 Å². The Hall–Kier alpha value is -3.35. The van der Waals surface area contributed by atoms with E-state index in [1.807, 2.05) is 61.5 Å². The van der Waals surface area contributed by atoms with Gasteiger partial charge in [0, 0.05) is 13.1 Å². The lowest BCUT2D eigenvalue weighted by molar-refractivity contribution is -0.131. The number of amides is 3. The molecule has 2 aromatic carbocycles. The molecule has 0 fully saturated rings. The second-order valence-electron chi connectivity index (χ2n) is 8.89. The lowest BCUT2D eigenvalue weighted by Crippen LogP contribution is -2.43. The highest BCUT2D eigenvalue weighted by Crippen LogP contribution is 2.29. The van der Waals surface area contributed by atoms with Gasteiger partial charge in [-0.1, -0.05) is 68.4 Å². The molecule has 170 valence electrons. The molecular weight excluding hydrogens is 402 g/mol. The minimum Gasteiger partial charge on any atom is -0.369 e. The average Bonchev–Trinajstić information content (AvgIpc) is 2.96. The standard InChI is InChI=1S/C25H33N5O2/c1-18(2)15-25(3)22(31)30(23(26)29-25)17-21-11-9-20(10-12-21)16-28-24(32)27-14-13-19-7-5-4-6-8-19/h4-12,18H,13-17H2,1-3H3,(H2,26,29)(H2,27,28,32). The van der Waals surface area contributed by atoms with Gasteiger partial charge in [-0.05, 0) is 42.4 Å². The molecule has 0 bridgehead atoms. The van der Waals surface area contributed by atoms with E-state index in [2.05, 4.69) is 29.5 Å². The normalized spacial score (nSPS) is 18.1. The second kappa shape index (κ2) is 10.3. The molecule has 2 aromatic rings. The van der Waals surface area contributed by atoms with E-state index in [0.717, 1.165) is 17.5 Å². The number of urea groups is 1. The van der Waals surface area contributed by atoms with Crippen molar-refractivity contribution < 1.29 is 9.59 Å². The molecule has 0 saturated carbocycles. The van der Waals surface area contributed by atoms with Gasteiger partial charge < -0.3 is 16.4 Å². The molecule has 0 aliphatic carbocycles. The molecule has 1 unspecified atom stereocenters. The van der Waals surface area contributed by atoms with Crippen LogP contribution in [0.25, 0.3) is 0 Å². The van der Waals surface area contributed by atoms with Crippen molar-refractivity contribution in [3.05, 3.63) is 71.3 Å². The summed E-state index contributed by atoms with van der Waals surface area (Å²) in [4.78, 5) is 30.9. The van der Waals surface area contributed by atoms with E-state index in [0.29, 0.717) is 32.0 Å². The van der Waals surface area contributed by atoms with Crippen LogP contribution in [-0.2, 0) is 24.3 Å². The highest BCUT2D eigenvalue weighted by Gasteiger charge is 2.43. The summed E-state index contributed by atoms with van der Waals surface area (Å²) in [5.41, 5.74) is 8.40. The second-order valence-corrected chi connectivity index (χ2v) is 8.89. The van der Waals surface area contributed by atoms with Crippen LogP contribution in [-0.4, -0.2) is 34.9 Å². The lowest BCUT2D eigenvalue weighted by Gasteiger charge is -2.23. The summed E-state index contributed by atoms with van der Waals surface area (Å²) in [7, 11) is 0. The van der Waals surface area contributed by atoms with Crippen LogP contribution in [0.4, 0.5) is 4.79 Å². The summed E-state index contributed by atoms with van der Waals surface area (Å²) in [6.07, 6.45) is 1.46. The Morgan fingerprint density at radius 1 is 1.03 bits per heavy atom. The van der Waals surface area contributed by atoms with Crippen LogP contribution in [0.5, 0.6) is 0 Å². The average molecular weight is 436 g/mol. The molecule has 3 rings (SSSR count). The van der Waals surface area contributed by atoms with Gasteiger partial charge in [0.25, 0.3) is 5.91 Å². The summed E-state index contributed by atoms with van der Waals surface area (Å²) in [6.45, 7) is 7.39. The number of rotatable bonds is 9. The summed E-state index contributed by atoms with van der Waals surface area (Å²) in [6, 6.07) is 17.6. The highest BCUT2D eigenvalue weighted by atomic mass is 16.2. The van der Waals surface area contributed by atoms with E-state index in [4.69, 9.17) is 5.73 Å². The van der Waals surface area contributed by atoms with Gasteiger partial charge in [-0.15, -0.1) is 0 Å². The van der Waals surface area contributed by atoms with Gasteiger partial charge >= 0.3 is 6.03 Å². The number of nitrogens with one attached hydrogen (secondary N) is 2.